The second kappa shape index (κ2) is 8.03. The van der Waals surface area contributed by atoms with Crippen molar-refractivity contribution in [2.24, 2.45) is 10.2 Å². The molecule has 31 heavy (non-hydrogen) atoms. The maximum atomic E-state index is 11.9. The molecule has 0 aliphatic carbocycles. The van der Waals surface area contributed by atoms with Crippen LogP contribution in [0.25, 0.3) is 10.8 Å². The molecular weight excluding hydrogens is 450 g/mol. The monoisotopic (exact) mass is 465 g/mol. The van der Waals surface area contributed by atoms with Gasteiger partial charge in [-0.25, -0.2) is 0 Å². The van der Waals surface area contributed by atoms with Crippen LogP contribution in [0.1, 0.15) is 6.92 Å². The van der Waals surface area contributed by atoms with Crippen molar-refractivity contribution in [3.8, 4) is 5.75 Å². The van der Waals surface area contributed by atoms with Gasteiger partial charge in [-0.3, -0.25) is 13.9 Å². The number of hydrogen-bond acceptors (Lipinski definition) is 8. The highest BCUT2D eigenvalue weighted by atomic mass is 32.2. The van der Waals surface area contributed by atoms with Gasteiger partial charge >= 0.3 is 0 Å². The molecule has 11 nitrogen and oxygen atoms in total. The molecule has 0 saturated heterocycles. The molecule has 4 N–H and O–H groups in total. The van der Waals surface area contributed by atoms with Crippen LogP contribution in [0.5, 0.6) is 5.75 Å². The van der Waals surface area contributed by atoms with Gasteiger partial charge in [0.15, 0.2) is 5.75 Å². The highest BCUT2D eigenvalue weighted by Crippen LogP contribution is 2.45. The van der Waals surface area contributed by atoms with E-state index in [1.807, 2.05) is 0 Å². The zero-order valence-electron chi connectivity index (χ0n) is 15.7. The zero-order chi connectivity index (χ0) is 23.0. The van der Waals surface area contributed by atoms with Crippen molar-refractivity contribution in [3.63, 3.8) is 0 Å². The van der Waals surface area contributed by atoms with Crippen molar-refractivity contribution in [1.82, 2.24) is 0 Å². The number of amides is 1. The smallest absolute Gasteiger partial charge is 0.296 e. The van der Waals surface area contributed by atoms with Gasteiger partial charge in [-0.15, -0.1) is 5.11 Å². The fourth-order valence-electron chi connectivity index (χ4n) is 2.79. The molecule has 3 rings (SSSR count). The molecule has 0 radical (unpaired) electrons. The fourth-order valence-corrected chi connectivity index (χ4v) is 3.99. The number of fused-ring (bicyclic) bond motifs is 1. The van der Waals surface area contributed by atoms with E-state index in [0.29, 0.717) is 5.69 Å². The van der Waals surface area contributed by atoms with E-state index in [1.54, 1.807) is 30.3 Å². The van der Waals surface area contributed by atoms with Crippen LogP contribution in [0.3, 0.4) is 0 Å². The highest BCUT2D eigenvalue weighted by molar-refractivity contribution is 7.86. The summed E-state index contributed by atoms with van der Waals surface area (Å²) in [6.07, 6.45) is 0. The fraction of sp³-hybridized carbons (Fsp3) is 0.0556. The number of benzene rings is 3. The quantitative estimate of drug-likeness (QED) is 0.326. The summed E-state index contributed by atoms with van der Waals surface area (Å²) in [4.78, 5) is 10.0. The predicted octanol–water partition coefficient (Wildman–Crippen LogP) is 3.41. The normalized spacial score (nSPS) is 12.4. The Hall–Kier alpha value is -3.39. The molecule has 0 spiro atoms. The molecule has 0 heterocycles. The molecule has 13 heteroatoms. The lowest BCUT2D eigenvalue weighted by Crippen LogP contribution is -2.08. The summed E-state index contributed by atoms with van der Waals surface area (Å²) in [5, 5.41) is 20.2. The average Bonchev–Trinajstić information content (AvgIpc) is 2.65. The van der Waals surface area contributed by atoms with Gasteiger partial charge in [0.05, 0.1) is 16.3 Å². The summed E-state index contributed by atoms with van der Waals surface area (Å²) in [5.74, 6) is -1.44. The van der Waals surface area contributed by atoms with E-state index in [2.05, 4.69) is 15.5 Å². The lowest BCUT2D eigenvalue weighted by atomic mass is 10.1. The van der Waals surface area contributed by atoms with Gasteiger partial charge in [0.25, 0.3) is 20.2 Å². The van der Waals surface area contributed by atoms with E-state index in [4.69, 9.17) is 0 Å². The van der Waals surface area contributed by atoms with Gasteiger partial charge in [-0.1, -0.05) is 18.2 Å². The van der Waals surface area contributed by atoms with Crippen LogP contribution in [0.2, 0.25) is 0 Å². The second-order valence-electron chi connectivity index (χ2n) is 6.31. The molecular formula is C18H15N3O8S2. The average molecular weight is 465 g/mol. The van der Waals surface area contributed by atoms with E-state index in [1.165, 1.54) is 0 Å². The van der Waals surface area contributed by atoms with E-state index in [9.17, 15) is 35.8 Å². The van der Waals surface area contributed by atoms with Gasteiger partial charge in [0.1, 0.15) is 10.6 Å². The first-order valence-corrected chi connectivity index (χ1v) is 11.3. The Balaban J connectivity index is 2.41. The minimum atomic E-state index is -4.95. The number of phenolic OH excluding ortho intramolecular Hbond substituents is 1. The molecule has 1 amide bonds. The zero-order valence-corrected chi connectivity index (χ0v) is 17.3. The van der Waals surface area contributed by atoms with Crippen LogP contribution in [-0.2, 0) is 25.0 Å². The van der Waals surface area contributed by atoms with Crippen LogP contribution < -0.4 is 5.32 Å². The number of carbonyl (C=O) groups excluding carboxylic acids is 1. The summed E-state index contributed by atoms with van der Waals surface area (Å²) in [7, 11) is -9.71. The van der Waals surface area contributed by atoms with E-state index in [-0.39, 0.29) is 16.5 Å². The van der Waals surface area contributed by atoms with Gasteiger partial charge in [-0.05, 0) is 35.7 Å². The van der Waals surface area contributed by atoms with Crippen LogP contribution in [0.15, 0.2) is 68.6 Å². The second-order valence-corrected chi connectivity index (χ2v) is 9.12. The number of aromatic hydroxyl groups is 1. The molecule has 0 fully saturated rings. The predicted molar refractivity (Wildman–Crippen MR) is 110 cm³/mol. The summed E-state index contributed by atoms with van der Waals surface area (Å²) < 4.78 is 66.0. The summed E-state index contributed by atoms with van der Waals surface area (Å²) in [6, 6.07) is 10.7. The first kappa shape index (κ1) is 22.3. The Kier molecular flexibility index (Phi) is 5.78. The Labute approximate surface area is 176 Å². The standard InChI is InChI=1S/C18H15N3O8S2/c1-10(22)19-14-9-13(30(24,25)26)7-11-8-15(31(27,28)29)17(18(23)16(11)14)21-20-12-5-3-2-4-6-12/h2-9,23H,1H3,(H,19,22)(H,24,25,26)(H,27,28,29). The number of hydrogen-bond donors (Lipinski definition) is 4. The van der Waals surface area contributed by atoms with Crippen molar-refractivity contribution in [3.05, 3.63) is 48.5 Å². The summed E-state index contributed by atoms with van der Waals surface area (Å²) in [6.45, 7) is 1.12. The first-order valence-electron chi connectivity index (χ1n) is 8.41. The largest absolute Gasteiger partial charge is 0.505 e. The molecule has 0 unspecified atom stereocenters. The SMILES string of the molecule is CC(=O)Nc1cc(S(=O)(=O)O)cc2cc(S(=O)(=O)O)c(N=Nc3ccccc3)c(O)c12. The Morgan fingerprint density at radius 1 is 0.935 bits per heavy atom. The van der Waals surface area contributed by atoms with Crippen LogP contribution in [0.4, 0.5) is 17.1 Å². The number of phenols is 1. The molecule has 0 aliphatic rings. The summed E-state index contributed by atoms with van der Waals surface area (Å²) >= 11 is 0. The molecule has 162 valence electrons. The van der Waals surface area contributed by atoms with Crippen molar-refractivity contribution in [2.75, 3.05) is 5.32 Å². The lowest BCUT2D eigenvalue weighted by Gasteiger charge is -2.14. The third-order valence-corrected chi connectivity index (χ3v) is 5.73. The van der Waals surface area contributed by atoms with Crippen molar-refractivity contribution in [1.29, 1.82) is 0 Å². The van der Waals surface area contributed by atoms with Crippen molar-refractivity contribution < 1.29 is 35.8 Å². The minimum Gasteiger partial charge on any atom is -0.505 e. The van der Waals surface area contributed by atoms with Crippen LogP contribution in [0, 0.1) is 0 Å². The molecule has 0 atom stereocenters. The van der Waals surface area contributed by atoms with Crippen molar-refractivity contribution in [2.45, 2.75) is 16.7 Å². The van der Waals surface area contributed by atoms with Gasteiger partial charge in [0.2, 0.25) is 5.91 Å². The van der Waals surface area contributed by atoms with Crippen molar-refractivity contribution >= 4 is 54.0 Å². The maximum absolute atomic E-state index is 11.9. The topological polar surface area (TPSA) is 183 Å². The molecule has 3 aromatic rings. The number of nitrogens with one attached hydrogen (secondary N) is 1. The third kappa shape index (κ3) is 4.86. The van der Waals surface area contributed by atoms with E-state index >= 15 is 0 Å². The number of rotatable bonds is 5. The first-order chi connectivity index (χ1) is 14.4. The number of nitrogens with zero attached hydrogens (tertiary/aromatic N) is 2. The molecule has 0 aromatic heterocycles. The van der Waals surface area contributed by atoms with Crippen LogP contribution in [-0.4, -0.2) is 37.0 Å². The Morgan fingerprint density at radius 3 is 2.13 bits per heavy atom. The molecule has 0 bridgehead atoms. The molecule has 0 aliphatic heterocycles. The van der Waals surface area contributed by atoms with Gasteiger partial charge < -0.3 is 10.4 Å². The number of carbonyl (C=O) groups is 1. The number of azo groups is 1. The van der Waals surface area contributed by atoms with Gasteiger partial charge in [-0.2, -0.15) is 21.9 Å². The van der Waals surface area contributed by atoms with E-state index < -0.39 is 47.4 Å². The van der Waals surface area contributed by atoms with Crippen LogP contribution >= 0.6 is 0 Å². The lowest BCUT2D eigenvalue weighted by molar-refractivity contribution is -0.114. The molecule has 0 saturated carbocycles. The van der Waals surface area contributed by atoms with Gasteiger partial charge in [0, 0.05) is 12.3 Å². The van der Waals surface area contributed by atoms with E-state index in [0.717, 1.165) is 25.1 Å². The third-order valence-electron chi connectivity index (χ3n) is 4.03. The Bertz CT molecular complexity index is 1430. The summed E-state index contributed by atoms with van der Waals surface area (Å²) in [5.41, 5.74) is -0.565. The minimum absolute atomic E-state index is 0.183. The maximum Gasteiger partial charge on any atom is 0.296 e. The Morgan fingerprint density at radius 2 is 1.58 bits per heavy atom. The number of anilines is 1. The highest BCUT2D eigenvalue weighted by Gasteiger charge is 2.25. The molecule has 3 aromatic carbocycles.